The van der Waals surface area contributed by atoms with Crippen molar-refractivity contribution in [2.24, 2.45) is 5.92 Å². The van der Waals surface area contributed by atoms with E-state index in [0.717, 1.165) is 5.92 Å². The Balaban J connectivity index is 2.44. The van der Waals surface area contributed by atoms with Gasteiger partial charge < -0.3 is 0 Å². The largest absolute Gasteiger partial charge is 0.122 e. The highest BCUT2D eigenvalue weighted by Crippen LogP contribution is 2.31. The third-order valence-electron chi connectivity index (χ3n) is 2.94. The van der Waals surface area contributed by atoms with E-state index in [2.05, 4.69) is 58.4 Å². The number of rotatable bonds is 7. The van der Waals surface area contributed by atoms with Crippen molar-refractivity contribution in [2.75, 3.05) is 0 Å². The van der Waals surface area contributed by atoms with Crippen molar-refractivity contribution in [3.63, 3.8) is 0 Å². The predicted octanol–water partition coefficient (Wildman–Crippen LogP) is 6.26. The number of thiophene rings is 1. The Bertz CT molecular complexity index is 303. The molecule has 92 valence electrons. The first-order chi connectivity index (χ1) is 7.67. The average molecular weight is 415 g/mol. The third-order valence-corrected chi connectivity index (χ3v) is 5.66. The van der Waals surface area contributed by atoms with Gasteiger partial charge in [0.1, 0.15) is 0 Å². The first kappa shape index (κ1) is 15.0. The van der Waals surface area contributed by atoms with E-state index in [1.807, 2.05) is 11.3 Å². The van der Waals surface area contributed by atoms with Crippen LogP contribution in [-0.4, -0.2) is 0 Å². The molecule has 0 radical (unpaired) electrons. The van der Waals surface area contributed by atoms with Crippen LogP contribution in [-0.2, 0) is 6.42 Å². The van der Waals surface area contributed by atoms with E-state index < -0.39 is 0 Å². The van der Waals surface area contributed by atoms with Crippen molar-refractivity contribution in [3.8, 4) is 0 Å². The van der Waals surface area contributed by atoms with Crippen LogP contribution in [0, 0.1) is 8.80 Å². The quantitative estimate of drug-likeness (QED) is 0.461. The normalized spacial score (nSPS) is 11.3. The van der Waals surface area contributed by atoms with Crippen molar-refractivity contribution in [3.05, 3.63) is 18.3 Å². The highest BCUT2D eigenvalue weighted by molar-refractivity contribution is 14.1. The molecule has 1 rings (SSSR count). The first-order valence-electron chi connectivity index (χ1n) is 6.11. The zero-order chi connectivity index (χ0) is 12.0. The molecule has 0 spiro atoms. The van der Waals surface area contributed by atoms with Gasteiger partial charge in [-0.25, -0.2) is 0 Å². The van der Waals surface area contributed by atoms with Crippen molar-refractivity contribution in [2.45, 2.75) is 52.4 Å². The molecule has 0 aromatic carbocycles. The summed E-state index contributed by atoms with van der Waals surface area (Å²) >= 11 is 7.91. The van der Waals surface area contributed by atoms with Gasteiger partial charge in [0, 0.05) is 0 Å². The van der Waals surface area contributed by atoms with Crippen LogP contribution < -0.4 is 0 Å². The summed E-state index contributed by atoms with van der Waals surface area (Å²) < 4.78 is 2.73. The Morgan fingerprint density at radius 2 is 1.88 bits per heavy atom. The molecule has 3 heteroatoms. The highest BCUT2D eigenvalue weighted by atomic mass is 127. The molecule has 1 aromatic rings. The molecular weight excluding hydrogens is 395 g/mol. The summed E-state index contributed by atoms with van der Waals surface area (Å²) in [7, 11) is 0. The second-order valence-electron chi connectivity index (χ2n) is 4.33. The monoisotopic (exact) mass is 414 g/mol. The first-order valence-corrected chi connectivity index (χ1v) is 8.79. The molecule has 0 nitrogen and oxygen atoms in total. The molecule has 0 amide bonds. The summed E-state index contributed by atoms with van der Waals surface area (Å²) in [5, 5.41) is 0. The maximum absolute atomic E-state index is 3.66. The minimum absolute atomic E-state index is 0.930. The van der Waals surface area contributed by atoms with Gasteiger partial charge in [-0.2, -0.15) is 0 Å². The lowest BCUT2D eigenvalue weighted by molar-refractivity contribution is 0.411. The van der Waals surface area contributed by atoms with Crippen LogP contribution in [0.4, 0.5) is 0 Å². The Hall–Kier alpha value is 0.910. The summed E-state index contributed by atoms with van der Waals surface area (Å²) in [5.74, 6) is 0.930. The van der Waals surface area contributed by atoms with Crippen LogP contribution in [0.1, 0.15) is 51.5 Å². The summed E-state index contributed by atoms with van der Waals surface area (Å²) in [6.45, 7) is 4.60. The topological polar surface area (TPSA) is 0 Å². The minimum Gasteiger partial charge on any atom is -0.122 e. The van der Waals surface area contributed by atoms with Crippen LogP contribution in [0.25, 0.3) is 0 Å². The number of hydrogen-bond donors (Lipinski definition) is 0. The number of hydrogen-bond acceptors (Lipinski definition) is 1. The van der Waals surface area contributed by atoms with E-state index in [9.17, 15) is 0 Å². The van der Waals surface area contributed by atoms with Gasteiger partial charge in [-0.3, -0.25) is 0 Å². The predicted molar refractivity (Wildman–Crippen MR) is 86.4 cm³/mol. The van der Waals surface area contributed by atoms with Gasteiger partial charge in [-0.05, 0) is 68.9 Å². The minimum atomic E-state index is 0.930. The Kier molecular flexibility index (Phi) is 7.57. The van der Waals surface area contributed by atoms with Gasteiger partial charge in [0.15, 0.2) is 0 Å². The van der Waals surface area contributed by atoms with Crippen LogP contribution in [0.2, 0.25) is 0 Å². The fraction of sp³-hybridized carbons (Fsp3) is 0.692. The standard InChI is InChI=1S/C13H20BrIS/c1-3-5-10(6-4-2)7-8-11-9-12(15)16-13(11)14/h9-10H,3-8H2,1-2H3. The van der Waals surface area contributed by atoms with Gasteiger partial charge in [0.25, 0.3) is 0 Å². The van der Waals surface area contributed by atoms with Gasteiger partial charge in [0.2, 0.25) is 0 Å². The highest BCUT2D eigenvalue weighted by Gasteiger charge is 2.10. The molecule has 0 unspecified atom stereocenters. The van der Waals surface area contributed by atoms with E-state index in [0.29, 0.717) is 0 Å². The van der Waals surface area contributed by atoms with E-state index in [1.54, 1.807) is 0 Å². The lowest BCUT2D eigenvalue weighted by atomic mass is 9.92. The Morgan fingerprint density at radius 3 is 2.31 bits per heavy atom. The molecule has 0 saturated carbocycles. The molecule has 0 atom stereocenters. The van der Waals surface area contributed by atoms with Crippen LogP contribution in [0.15, 0.2) is 9.85 Å². The van der Waals surface area contributed by atoms with Crippen molar-refractivity contribution < 1.29 is 0 Å². The SMILES string of the molecule is CCCC(CCC)CCc1cc(I)sc1Br. The molecule has 0 bridgehead atoms. The second kappa shape index (κ2) is 8.09. The van der Waals surface area contributed by atoms with Gasteiger partial charge in [-0.1, -0.05) is 39.5 Å². The number of halogens is 2. The summed E-state index contributed by atoms with van der Waals surface area (Å²) in [6, 6.07) is 2.32. The Labute approximate surface area is 125 Å². The van der Waals surface area contributed by atoms with Crippen molar-refractivity contribution >= 4 is 49.9 Å². The third kappa shape index (κ3) is 5.05. The zero-order valence-electron chi connectivity index (χ0n) is 10.1. The molecule has 0 saturated heterocycles. The lowest BCUT2D eigenvalue weighted by Crippen LogP contribution is -2.01. The van der Waals surface area contributed by atoms with Crippen LogP contribution >= 0.6 is 49.9 Å². The zero-order valence-corrected chi connectivity index (χ0v) is 14.6. The summed E-state index contributed by atoms with van der Waals surface area (Å²) in [4.78, 5) is 0. The second-order valence-corrected chi connectivity index (χ2v) is 8.60. The molecule has 0 aliphatic carbocycles. The summed E-state index contributed by atoms with van der Waals surface area (Å²) in [5.41, 5.74) is 1.51. The van der Waals surface area contributed by atoms with Gasteiger partial charge in [0.05, 0.1) is 6.67 Å². The molecular formula is C13H20BrIS. The fourth-order valence-corrected chi connectivity index (χ4v) is 5.60. The van der Waals surface area contributed by atoms with E-state index in [4.69, 9.17) is 0 Å². The molecule has 0 aliphatic rings. The molecule has 16 heavy (non-hydrogen) atoms. The maximum Gasteiger partial charge on any atom is 0.0741 e. The molecule has 0 aliphatic heterocycles. The van der Waals surface area contributed by atoms with Crippen molar-refractivity contribution in [1.29, 1.82) is 0 Å². The van der Waals surface area contributed by atoms with E-state index >= 15 is 0 Å². The average Bonchev–Trinajstić information content (AvgIpc) is 2.54. The van der Waals surface area contributed by atoms with E-state index in [-0.39, 0.29) is 0 Å². The number of aryl methyl sites for hydroxylation is 1. The maximum atomic E-state index is 3.66. The fourth-order valence-electron chi connectivity index (χ4n) is 2.15. The molecule has 0 fully saturated rings. The van der Waals surface area contributed by atoms with Crippen LogP contribution in [0.3, 0.4) is 0 Å². The molecule has 0 N–H and O–H groups in total. The smallest absolute Gasteiger partial charge is 0.0741 e. The molecule has 1 aromatic heterocycles. The summed E-state index contributed by atoms with van der Waals surface area (Å²) in [6.07, 6.45) is 8.04. The lowest BCUT2D eigenvalue weighted by Gasteiger charge is -2.14. The Morgan fingerprint density at radius 1 is 1.25 bits per heavy atom. The van der Waals surface area contributed by atoms with Gasteiger partial charge >= 0.3 is 0 Å². The van der Waals surface area contributed by atoms with E-state index in [1.165, 1.54) is 50.8 Å². The molecule has 1 heterocycles. The van der Waals surface area contributed by atoms with Gasteiger partial charge in [-0.15, -0.1) is 11.3 Å². The van der Waals surface area contributed by atoms with Crippen molar-refractivity contribution in [1.82, 2.24) is 0 Å². The van der Waals surface area contributed by atoms with Crippen LogP contribution in [0.5, 0.6) is 0 Å².